The zero-order chi connectivity index (χ0) is 11.8. The van der Waals surface area contributed by atoms with Crippen LogP contribution in [0.15, 0.2) is 18.3 Å². The van der Waals surface area contributed by atoms with Crippen molar-refractivity contribution < 1.29 is 0 Å². The van der Waals surface area contributed by atoms with Crippen LogP contribution in [-0.4, -0.2) is 17.1 Å². The molecule has 2 heterocycles. The molecule has 1 saturated heterocycles. The Bertz CT molecular complexity index is 354. The van der Waals surface area contributed by atoms with E-state index in [9.17, 15) is 0 Å². The van der Waals surface area contributed by atoms with Gasteiger partial charge in [0, 0.05) is 18.1 Å². The van der Waals surface area contributed by atoms with Gasteiger partial charge in [0.2, 0.25) is 0 Å². The molecule has 0 aromatic carbocycles. The van der Waals surface area contributed by atoms with Crippen LogP contribution in [0.25, 0.3) is 0 Å². The van der Waals surface area contributed by atoms with E-state index in [1.807, 2.05) is 19.2 Å². The first-order chi connectivity index (χ1) is 7.50. The van der Waals surface area contributed by atoms with Crippen molar-refractivity contribution in [2.45, 2.75) is 45.2 Å². The smallest absolute Gasteiger partial charge is 0.0569 e. The van der Waals surface area contributed by atoms with E-state index in [-0.39, 0.29) is 11.6 Å². The third kappa shape index (κ3) is 2.05. The van der Waals surface area contributed by atoms with Gasteiger partial charge in [-0.1, -0.05) is 0 Å². The van der Waals surface area contributed by atoms with Crippen molar-refractivity contribution in [3.63, 3.8) is 0 Å². The Balaban J connectivity index is 2.22. The van der Waals surface area contributed by atoms with Crippen LogP contribution in [0.2, 0.25) is 0 Å². The largest absolute Gasteiger partial charge is 0.365 e. The molecule has 1 unspecified atom stereocenters. The molecule has 0 spiro atoms. The van der Waals surface area contributed by atoms with Gasteiger partial charge in [-0.15, -0.1) is 0 Å². The molecule has 0 aliphatic carbocycles. The Morgan fingerprint density at radius 1 is 1.44 bits per heavy atom. The van der Waals surface area contributed by atoms with Crippen LogP contribution in [0.4, 0.5) is 5.69 Å². The molecule has 3 heteroatoms. The van der Waals surface area contributed by atoms with Crippen LogP contribution >= 0.6 is 0 Å². The lowest BCUT2D eigenvalue weighted by molar-refractivity contribution is 0.517. The number of hydrogen-bond donors (Lipinski definition) is 1. The molecule has 16 heavy (non-hydrogen) atoms. The van der Waals surface area contributed by atoms with Crippen LogP contribution in [0.1, 0.15) is 45.3 Å². The molecule has 0 bridgehead atoms. The van der Waals surface area contributed by atoms with Gasteiger partial charge in [0.05, 0.1) is 17.6 Å². The highest BCUT2D eigenvalue weighted by Gasteiger charge is 2.31. The van der Waals surface area contributed by atoms with Crippen LogP contribution in [0, 0.1) is 0 Å². The summed E-state index contributed by atoms with van der Waals surface area (Å²) in [6, 6.07) is 4.19. The molecule has 1 atom stereocenters. The van der Waals surface area contributed by atoms with Crippen molar-refractivity contribution >= 4 is 5.69 Å². The van der Waals surface area contributed by atoms with E-state index in [4.69, 9.17) is 5.73 Å². The second kappa shape index (κ2) is 4.06. The predicted octanol–water partition coefficient (Wildman–Crippen LogP) is 2.48. The van der Waals surface area contributed by atoms with Gasteiger partial charge in [0.15, 0.2) is 0 Å². The topological polar surface area (TPSA) is 42.1 Å². The summed E-state index contributed by atoms with van der Waals surface area (Å²) in [5.74, 6) is 0. The molecule has 0 radical (unpaired) electrons. The molecule has 88 valence electrons. The van der Waals surface area contributed by atoms with Gasteiger partial charge in [-0.2, -0.15) is 0 Å². The Hall–Kier alpha value is -1.09. The minimum atomic E-state index is 0.0145. The number of aromatic nitrogens is 1. The predicted molar refractivity (Wildman–Crippen MR) is 67.5 cm³/mol. The second-order valence-corrected chi connectivity index (χ2v) is 5.30. The number of pyridine rings is 1. The molecule has 2 N–H and O–H groups in total. The molecule has 2 rings (SSSR count). The van der Waals surface area contributed by atoms with Crippen molar-refractivity contribution in [1.82, 2.24) is 4.98 Å². The molecule has 1 aliphatic heterocycles. The second-order valence-electron chi connectivity index (χ2n) is 5.30. The van der Waals surface area contributed by atoms with Crippen LogP contribution in [0.5, 0.6) is 0 Å². The zero-order valence-electron chi connectivity index (χ0n) is 10.4. The van der Waals surface area contributed by atoms with E-state index >= 15 is 0 Å². The summed E-state index contributed by atoms with van der Waals surface area (Å²) in [6.07, 6.45) is 4.47. The Kier molecular flexibility index (Phi) is 2.89. The van der Waals surface area contributed by atoms with E-state index in [2.05, 4.69) is 29.8 Å². The minimum absolute atomic E-state index is 0.0145. The summed E-state index contributed by atoms with van der Waals surface area (Å²) in [5.41, 5.74) is 8.23. The molecular formula is C13H21N3. The number of anilines is 1. The lowest BCUT2D eigenvalue weighted by Gasteiger charge is -2.33. The first-order valence-electron chi connectivity index (χ1n) is 6.00. The SMILES string of the molecule is CC(N)c1ccc(N2CCCC2(C)C)cn1. The fourth-order valence-electron chi connectivity index (χ4n) is 2.41. The van der Waals surface area contributed by atoms with Crippen molar-refractivity contribution in [2.75, 3.05) is 11.4 Å². The van der Waals surface area contributed by atoms with Gasteiger partial charge in [-0.3, -0.25) is 4.98 Å². The highest BCUT2D eigenvalue weighted by atomic mass is 15.2. The summed E-state index contributed by atoms with van der Waals surface area (Å²) in [4.78, 5) is 6.86. The minimum Gasteiger partial charge on any atom is -0.365 e. The molecule has 0 amide bonds. The average molecular weight is 219 g/mol. The average Bonchev–Trinajstić information content (AvgIpc) is 2.58. The molecule has 1 aromatic heterocycles. The maximum absolute atomic E-state index is 5.79. The van der Waals surface area contributed by atoms with Crippen molar-refractivity contribution in [2.24, 2.45) is 5.73 Å². The third-order valence-corrected chi connectivity index (χ3v) is 3.45. The highest BCUT2D eigenvalue weighted by Crippen LogP contribution is 2.33. The van der Waals surface area contributed by atoms with E-state index in [1.165, 1.54) is 18.5 Å². The van der Waals surface area contributed by atoms with Crippen molar-refractivity contribution in [1.29, 1.82) is 0 Å². The van der Waals surface area contributed by atoms with Gasteiger partial charge in [-0.25, -0.2) is 0 Å². The fourth-order valence-corrected chi connectivity index (χ4v) is 2.41. The van der Waals surface area contributed by atoms with E-state index < -0.39 is 0 Å². The van der Waals surface area contributed by atoms with Crippen LogP contribution in [0.3, 0.4) is 0 Å². The van der Waals surface area contributed by atoms with E-state index in [0.717, 1.165) is 12.2 Å². The van der Waals surface area contributed by atoms with Gasteiger partial charge in [-0.05, 0) is 45.7 Å². The van der Waals surface area contributed by atoms with Gasteiger partial charge < -0.3 is 10.6 Å². The number of rotatable bonds is 2. The van der Waals surface area contributed by atoms with Crippen LogP contribution in [-0.2, 0) is 0 Å². The summed E-state index contributed by atoms with van der Waals surface area (Å²) in [7, 11) is 0. The van der Waals surface area contributed by atoms with Crippen molar-refractivity contribution in [3.8, 4) is 0 Å². The lowest BCUT2D eigenvalue weighted by Crippen LogP contribution is -2.38. The normalized spacial score (nSPS) is 21.1. The fraction of sp³-hybridized carbons (Fsp3) is 0.615. The number of nitrogens with zero attached hydrogens (tertiary/aromatic N) is 2. The third-order valence-electron chi connectivity index (χ3n) is 3.45. The standard InChI is InChI=1S/C13H21N3/c1-10(14)12-6-5-11(9-15-12)16-8-4-7-13(16,2)3/h5-6,9-10H,4,7-8,14H2,1-3H3. The molecular weight excluding hydrogens is 198 g/mol. The number of hydrogen-bond acceptors (Lipinski definition) is 3. The Labute approximate surface area is 97.7 Å². The van der Waals surface area contributed by atoms with Gasteiger partial charge in [0.1, 0.15) is 0 Å². The van der Waals surface area contributed by atoms with Gasteiger partial charge >= 0.3 is 0 Å². The van der Waals surface area contributed by atoms with Crippen molar-refractivity contribution in [3.05, 3.63) is 24.0 Å². The molecule has 3 nitrogen and oxygen atoms in total. The van der Waals surface area contributed by atoms with E-state index in [1.54, 1.807) is 0 Å². The maximum atomic E-state index is 5.79. The summed E-state index contributed by atoms with van der Waals surface area (Å²) in [6.45, 7) is 7.67. The number of nitrogens with two attached hydrogens (primary N) is 1. The molecule has 0 saturated carbocycles. The monoisotopic (exact) mass is 219 g/mol. The zero-order valence-corrected chi connectivity index (χ0v) is 10.4. The first-order valence-corrected chi connectivity index (χ1v) is 6.00. The summed E-state index contributed by atoms with van der Waals surface area (Å²) in [5, 5.41) is 0. The molecule has 1 aliphatic rings. The first kappa shape index (κ1) is 11.4. The highest BCUT2D eigenvalue weighted by molar-refractivity contribution is 5.48. The molecule has 1 aromatic rings. The maximum Gasteiger partial charge on any atom is 0.0569 e. The Morgan fingerprint density at radius 3 is 2.62 bits per heavy atom. The Morgan fingerprint density at radius 2 is 2.19 bits per heavy atom. The summed E-state index contributed by atoms with van der Waals surface area (Å²) < 4.78 is 0. The quantitative estimate of drug-likeness (QED) is 0.831. The van der Waals surface area contributed by atoms with Gasteiger partial charge in [0.25, 0.3) is 0 Å². The summed E-state index contributed by atoms with van der Waals surface area (Å²) >= 11 is 0. The van der Waals surface area contributed by atoms with E-state index in [0.29, 0.717) is 0 Å². The lowest BCUT2D eigenvalue weighted by atomic mass is 10.0. The van der Waals surface area contributed by atoms with Crippen LogP contribution < -0.4 is 10.6 Å². The molecule has 1 fully saturated rings.